The first-order valence-corrected chi connectivity index (χ1v) is 10.5. The number of amides is 3. The monoisotopic (exact) mass is 385 g/mol. The summed E-state index contributed by atoms with van der Waals surface area (Å²) in [6.45, 7) is 0.557. The van der Waals surface area contributed by atoms with Crippen molar-refractivity contribution >= 4 is 17.7 Å². The van der Waals surface area contributed by atoms with Crippen LogP contribution in [-0.2, 0) is 20.8 Å². The van der Waals surface area contributed by atoms with E-state index in [2.05, 4.69) is 10.6 Å². The van der Waals surface area contributed by atoms with E-state index < -0.39 is 12.1 Å². The second-order valence-corrected chi connectivity index (χ2v) is 7.89. The third-order valence-corrected chi connectivity index (χ3v) is 5.96. The third kappa shape index (κ3) is 4.91. The van der Waals surface area contributed by atoms with Gasteiger partial charge in [0, 0.05) is 25.9 Å². The molecule has 3 rings (SSSR count). The highest BCUT2D eigenvalue weighted by molar-refractivity contribution is 5.93. The van der Waals surface area contributed by atoms with Crippen LogP contribution < -0.4 is 10.6 Å². The van der Waals surface area contributed by atoms with Crippen molar-refractivity contribution < 1.29 is 14.4 Å². The molecule has 2 atom stereocenters. The van der Waals surface area contributed by atoms with Crippen LogP contribution in [0.2, 0.25) is 0 Å². The minimum absolute atomic E-state index is 0.00635. The Bertz CT molecular complexity index is 686. The number of nitrogens with one attached hydrogen (secondary N) is 2. The van der Waals surface area contributed by atoms with Gasteiger partial charge in [-0.15, -0.1) is 0 Å². The quantitative estimate of drug-likeness (QED) is 0.786. The molecule has 1 aromatic rings. The SMILES string of the molecule is CNC(=O)[C@@H]1CCCN1C(=O)[C@@H](Cc1ccccc1)NC(=O)C1CCCCC1. The average molecular weight is 386 g/mol. The molecule has 0 unspecified atom stereocenters. The number of hydrogen-bond acceptors (Lipinski definition) is 3. The van der Waals surface area contributed by atoms with Crippen molar-refractivity contribution in [3.63, 3.8) is 0 Å². The van der Waals surface area contributed by atoms with Crippen molar-refractivity contribution in [2.45, 2.75) is 63.5 Å². The number of likely N-dealkylation sites (N-methyl/N-ethyl adjacent to an activating group) is 1. The maximum Gasteiger partial charge on any atom is 0.246 e. The zero-order valence-corrected chi connectivity index (χ0v) is 16.7. The van der Waals surface area contributed by atoms with Gasteiger partial charge < -0.3 is 15.5 Å². The van der Waals surface area contributed by atoms with Crippen LogP contribution in [0.25, 0.3) is 0 Å². The number of carbonyl (C=O) groups is 3. The molecule has 0 bridgehead atoms. The fraction of sp³-hybridized carbons (Fsp3) is 0.591. The molecule has 0 radical (unpaired) electrons. The molecule has 1 saturated heterocycles. The van der Waals surface area contributed by atoms with E-state index in [4.69, 9.17) is 0 Å². The molecule has 2 aliphatic rings. The molecule has 1 saturated carbocycles. The van der Waals surface area contributed by atoms with Crippen molar-refractivity contribution in [1.29, 1.82) is 0 Å². The predicted octanol–water partition coefficient (Wildman–Crippen LogP) is 2.03. The summed E-state index contributed by atoms with van der Waals surface area (Å²) in [6.07, 6.45) is 7.01. The fourth-order valence-corrected chi connectivity index (χ4v) is 4.37. The summed E-state index contributed by atoms with van der Waals surface area (Å²) in [7, 11) is 1.59. The summed E-state index contributed by atoms with van der Waals surface area (Å²) in [5, 5.41) is 5.68. The lowest BCUT2D eigenvalue weighted by molar-refractivity contribution is -0.141. The lowest BCUT2D eigenvalue weighted by Crippen LogP contribution is -2.54. The van der Waals surface area contributed by atoms with Gasteiger partial charge in [0.1, 0.15) is 12.1 Å². The summed E-state index contributed by atoms with van der Waals surface area (Å²) in [5.74, 6) is -0.320. The molecule has 2 N–H and O–H groups in total. The Morgan fingerprint density at radius 1 is 1.00 bits per heavy atom. The van der Waals surface area contributed by atoms with E-state index in [9.17, 15) is 14.4 Å². The normalized spacial score (nSPS) is 21.2. The number of nitrogens with zero attached hydrogens (tertiary/aromatic N) is 1. The van der Waals surface area contributed by atoms with Crippen LogP contribution in [0, 0.1) is 5.92 Å². The number of carbonyl (C=O) groups excluding carboxylic acids is 3. The van der Waals surface area contributed by atoms with Crippen LogP contribution in [0.5, 0.6) is 0 Å². The van der Waals surface area contributed by atoms with Gasteiger partial charge in [0.05, 0.1) is 0 Å². The van der Waals surface area contributed by atoms with E-state index in [0.29, 0.717) is 19.4 Å². The van der Waals surface area contributed by atoms with Crippen LogP contribution in [0.4, 0.5) is 0 Å². The van der Waals surface area contributed by atoms with Gasteiger partial charge in [0.2, 0.25) is 17.7 Å². The summed E-state index contributed by atoms with van der Waals surface area (Å²) in [6, 6.07) is 8.65. The zero-order valence-electron chi connectivity index (χ0n) is 16.7. The topological polar surface area (TPSA) is 78.5 Å². The molecule has 28 heavy (non-hydrogen) atoms. The fourth-order valence-electron chi connectivity index (χ4n) is 4.37. The van der Waals surface area contributed by atoms with Crippen molar-refractivity contribution in [3.05, 3.63) is 35.9 Å². The molecule has 1 aliphatic carbocycles. The molecule has 6 heteroatoms. The van der Waals surface area contributed by atoms with Crippen molar-refractivity contribution in [2.75, 3.05) is 13.6 Å². The Morgan fingerprint density at radius 3 is 2.39 bits per heavy atom. The van der Waals surface area contributed by atoms with Gasteiger partial charge in [-0.2, -0.15) is 0 Å². The predicted molar refractivity (Wildman–Crippen MR) is 107 cm³/mol. The second kappa shape index (κ2) is 9.71. The Balaban J connectivity index is 1.75. The summed E-state index contributed by atoms with van der Waals surface area (Å²) in [5.41, 5.74) is 1.00. The molecule has 2 fully saturated rings. The van der Waals surface area contributed by atoms with Gasteiger partial charge in [-0.05, 0) is 31.2 Å². The maximum absolute atomic E-state index is 13.3. The number of benzene rings is 1. The Labute approximate surface area is 167 Å². The van der Waals surface area contributed by atoms with Crippen LogP contribution >= 0.6 is 0 Å². The van der Waals surface area contributed by atoms with Gasteiger partial charge in [-0.3, -0.25) is 14.4 Å². The van der Waals surface area contributed by atoms with E-state index in [1.165, 1.54) is 6.42 Å². The number of rotatable bonds is 6. The smallest absolute Gasteiger partial charge is 0.246 e. The van der Waals surface area contributed by atoms with Gasteiger partial charge in [0.25, 0.3) is 0 Å². The van der Waals surface area contributed by atoms with Gasteiger partial charge in [-0.25, -0.2) is 0 Å². The van der Waals surface area contributed by atoms with E-state index in [0.717, 1.165) is 37.7 Å². The van der Waals surface area contributed by atoms with Crippen LogP contribution in [0.3, 0.4) is 0 Å². The van der Waals surface area contributed by atoms with Crippen LogP contribution in [0.1, 0.15) is 50.5 Å². The first-order valence-electron chi connectivity index (χ1n) is 10.5. The molecule has 0 aromatic heterocycles. The second-order valence-electron chi connectivity index (χ2n) is 7.89. The van der Waals surface area contributed by atoms with Crippen LogP contribution in [0.15, 0.2) is 30.3 Å². The summed E-state index contributed by atoms with van der Waals surface area (Å²) >= 11 is 0. The zero-order chi connectivity index (χ0) is 19.9. The maximum atomic E-state index is 13.3. The highest BCUT2D eigenvalue weighted by Crippen LogP contribution is 2.24. The summed E-state index contributed by atoms with van der Waals surface area (Å²) in [4.78, 5) is 40.0. The van der Waals surface area contributed by atoms with E-state index in [1.807, 2.05) is 30.3 Å². The molecule has 1 heterocycles. The molecule has 1 aromatic carbocycles. The minimum Gasteiger partial charge on any atom is -0.357 e. The van der Waals surface area contributed by atoms with Gasteiger partial charge in [0.15, 0.2) is 0 Å². The number of hydrogen-bond donors (Lipinski definition) is 2. The molecule has 152 valence electrons. The highest BCUT2D eigenvalue weighted by Gasteiger charge is 2.37. The molecule has 3 amide bonds. The first-order chi connectivity index (χ1) is 13.6. The Kier molecular flexibility index (Phi) is 7.06. The van der Waals surface area contributed by atoms with Crippen LogP contribution in [-0.4, -0.2) is 48.3 Å². The Morgan fingerprint density at radius 2 is 1.71 bits per heavy atom. The van der Waals surface area contributed by atoms with Crippen molar-refractivity contribution in [2.24, 2.45) is 5.92 Å². The standard InChI is InChI=1S/C22H31N3O3/c1-23-21(27)19-13-8-14-25(19)22(28)18(15-16-9-4-2-5-10-16)24-20(26)17-11-6-3-7-12-17/h2,4-5,9-10,17-19H,3,6-8,11-15H2,1H3,(H,23,27)(H,24,26)/t18-,19+/m1/s1. The van der Waals surface area contributed by atoms with Gasteiger partial charge >= 0.3 is 0 Å². The molecule has 0 spiro atoms. The average Bonchev–Trinajstić information content (AvgIpc) is 3.23. The van der Waals surface area contributed by atoms with Crippen molar-refractivity contribution in [3.8, 4) is 0 Å². The van der Waals surface area contributed by atoms with E-state index >= 15 is 0 Å². The third-order valence-electron chi connectivity index (χ3n) is 5.96. The number of likely N-dealkylation sites (tertiary alicyclic amines) is 1. The summed E-state index contributed by atoms with van der Waals surface area (Å²) < 4.78 is 0. The van der Waals surface area contributed by atoms with Gasteiger partial charge in [-0.1, -0.05) is 49.6 Å². The Hall–Kier alpha value is -2.37. The molecule has 1 aliphatic heterocycles. The highest BCUT2D eigenvalue weighted by atomic mass is 16.2. The van der Waals surface area contributed by atoms with E-state index in [1.54, 1.807) is 11.9 Å². The van der Waals surface area contributed by atoms with E-state index in [-0.39, 0.29) is 23.6 Å². The largest absolute Gasteiger partial charge is 0.357 e. The minimum atomic E-state index is -0.637. The molecule has 6 nitrogen and oxygen atoms in total. The molecular weight excluding hydrogens is 354 g/mol. The lowest BCUT2D eigenvalue weighted by Gasteiger charge is -2.30. The first kappa shape index (κ1) is 20.4. The lowest BCUT2D eigenvalue weighted by atomic mass is 9.88. The molecular formula is C22H31N3O3. The van der Waals surface area contributed by atoms with Crippen molar-refractivity contribution in [1.82, 2.24) is 15.5 Å².